The molecule has 0 bridgehead atoms. The van der Waals surface area contributed by atoms with E-state index in [0.29, 0.717) is 26.2 Å². The van der Waals surface area contributed by atoms with Crippen LogP contribution in [0.1, 0.15) is 19.4 Å². The molecule has 2 aliphatic rings. The van der Waals surface area contributed by atoms with Crippen molar-refractivity contribution in [3.8, 4) is 0 Å². The first-order chi connectivity index (χ1) is 14.1. The highest BCUT2D eigenvalue weighted by Crippen LogP contribution is 2.15. The van der Waals surface area contributed by atoms with E-state index in [2.05, 4.69) is 44.1 Å². The number of carbonyl (C=O) groups excluding carboxylic acids is 1. The Kier molecular flexibility index (Phi) is 7.51. The topological polar surface area (TPSA) is 82.5 Å². The largest absolute Gasteiger partial charge is 0.450 e. The van der Waals surface area contributed by atoms with E-state index in [-0.39, 0.29) is 12.2 Å². The Hall–Kier alpha value is -2.55. The van der Waals surface area contributed by atoms with E-state index in [0.717, 1.165) is 50.1 Å². The van der Waals surface area contributed by atoms with Gasteiger partial charge in [-0.2, -0.15) is 0 Å². The van der Waals surface area contributed by atoms with Crippen LogP contribution in [0.15, 0.2) is 23.3 Å². The Labute approximate surface area is 172 Å². The Bertz CT molecular complexity index is 688. The SMILES string of the molecule is CCOC(=O)N1CCN(C(=NC)NCc2ccc(N3CCOC(C)C3)nc2)CC1. The van der Waals surface area contributed by atoms with Gasteiger partial charge in [-0.25, -0.2) is 9.78 Å². The molecule has 3 rings (SSSR count). The van der Waals surface area contributed by atoms with Gasteiger partial charge in [-0.15, -0.1) is 0 Å². The fourth-order valence-corrected chi connectivity index (χ4v) is 3.56. The number of anilines is 1. The van der Waals surface area contributed by atoms with Crippen molar-refractivity contribution in [1.29, 1.82) is 0 Å². The van der Waals surface area contributed by atoms with Gasteiger partial charge in [-0.05, 0) is 25.5 Å². The first kappa shape index (κ1) is 21.2. The summed E-state index contributed by atoms with van der Waals surface area (Å²) in [5, 5.41) is 3.40. The highest BCUT2D eigenvalue weighted by molar-refractivity contribution is 5.80. The van der Waals surface area contributed by atoms with Gasteiger partial charge in [-0.1, -0.05) is 6.07 Å². The highest BCUT2D eigenvalue weighted by atomic mass is 16.6. The number of carbonyl (C=O) groups is 1. The Morgan fingerprint density at radius 1 is 1.28 bits per heavy atom. The molecule has 1 N–H and O–H groups in total. The number of amides is 1. The summed E-state index contributed by atoms with van der Waals surface area (Å²) in [6.45, 7) is 10.2. The van der Waals surface area contributed by atoms with Crippen LogP contribution in [0.2, 0.25) is 0 Å². The Morgan fingerprint density at radius 2 is 2.03 bits per heavy atom. The average molecular weight is 405 g/mol. The van der Waals surface area contributed by atoms with Gasteiger partial charge >= 0.3 is 6.09 Å². The number of aliphatic imine (C=N–C) groups is 1. The highest BCUT2D eigenvalue weighted by Gasteiger charge is 2.23. The molecule has 0 radical (unpaired) electrons. The Morgan fingerprint density at radius 3 is 2.66 bits per heavy atom. The number of rotatable bonds is 4. The summed E-state index contributed by atoms with van der Waals surface area (Å²) in [5.41, 5.74) is 1.10. The van der Waals surface area contributed by atoms with E-state index in [4.69, 9.17) is 9.47 Å². The van der Waals surface area contributed by atoms with Crippen molar-refractivity contribution < 1.29 is 14.3 Å². The van der Waals surface area contributed by atoms with Gasteiger partial charge in [-0.3, -0.25) is 4.99 Å². The maximum Gasteiger partial charge on any atom is 0.409 e. The molecule has 9 nitrogen and oxygen atoms in total. The lowest BCUT2D eigenvalue weighted by Crippen LogP contribution is -2.53. The second-order valence-electron chi connectivity index (χ2n) is 7.23. The molecule has 1 aromatic rings. The smallest absolute Gasteiger partial charge is 0.409 e. The molecule has 2 saturated heterocycles. The average Bonchev–Trinajstić information content (AvgIpc) is 2.75. The number of guanidine groups is 1. The molecule has 3 heterocycles. The van der Waals surface area contributed by atoms with Crippen molar-refractivity contribution in [2.24, 2.45) is 4.99 Å². The lowest BCUT2D eigenvalue weighted by Gasteiger charge is -2.35. The van der Waals surface area contributed by atoms with Gasteiger partial charge in [0.1, 0.15) is 5.82 Å². The van der Waals surface area contributed by atoms with Gasteiger partial charge in [0, 0.05) is 59.1 Å². The number of nitrogens with zero attached hydrogens (tertiary/aromatic N) is 5. The minimum absolute atomic E-state index is 0.236. The van der Waals surface area contributed by atoms with Gasteiger partial charge in [0.05, 0.1) is 19.3 Å². The molecular formula is C20H32N6O3. The number of aromatic nitrogens is 1. The second kappa shape index (κ2) is 10.3. The maximum absolute atomic E-state index is 11.8. The fourth-order valence-electron chi connectivity index (χ4n) is 3.56. The molecule has 2 fully saturated rings. The number of hydrogen-bond donors (Lipinski definition) is 1. The van der Waals surface area contributed by atoms with E-state index in [1.165, 1.54) is 0 Å². The number of piperazine rings is 1. The molecule has 29 heavy (non-hydrogen) atoms. The zero-order chi connectivity index (χ0) is 20.6. The number of morpholine rings is 1. The molecule has 2 aliphatic heterocycles. The van der Waals surface area contributed by atoms with Crippen molar-refractivity contribution >= 4 is 17.9 Å². The van der Waals surface area contributed by atoms with Crippen LogP contribution in [0.3, 0.4) is 0 Å². The lowest BCUT2D eigenvalue weighted by molar-refractivity contribution is 0.0529. The number of hydrogen-bond acceptors (Lipinski definition) is 6. The van der Waals surface area contributed by atoms with Gasteiger partial charge in [0.15, 0.2) is 5.96 Å². The predicted octanol–water partition coefficient (Wildman–Crippen LogP) is 1.16. The summed E-state index contributed by atoms with van der Waals surface area (Å²) in [5.74, 6) is 1.82. The van der Waals surface area contributed by atoms with Crippen LogP contribution in [0, 0.1) is 0 Å². The van der Waals surface area contributed by atoms with Gasteiger partial charge < -0.3 is 29.5 Å². The maximum atomic E-state index is 11.8. The van der Waals surface area contributed by atoms with Crippen molar-refractivity contribution in [3.05, 3.63) is 23.9 Å². The third-order valence-corrected chi connectivity index (χ3v) is 5.14. The quantitative estimate of drug-likeness (QED) is 0.596. The van der Waals surface area contributed by atoms with Crippen molar-refractivity contribution in [1.82, 2.24) is 20.1 Å². The molecule has 1 aromatic heterocycles. The molecule has 0 saturated carbocycles. The Balaban J connectivity index is 1.48. The van der Waals surface area contributed by atoms with Crippen LogP contribution in [0.5, 0.6) is 0 Å². The molecule has 9 heteroatoms. The van der Waals surface area contributed by atoms with Crippen LogP contribution in [-0.2, 0) is 16.0 Å². The summed E-state index contributed by atoms with van der Waals surface area (Å²) in [6, 6.07) is 4.16. The zero-order valence-electron chi connectivity index (χ0n) is 17.6. The summed E-state index contributed by atoms with van der Waals surface area (Å²) in [6.07, 6.45) is 1.91. The summed E-state index contributed by atoms with van der Waals surface area (Å²) in [7, 11) is 1.78. The summed E-state index contributed by atoms with van der Waals surface area (Å²) in [4.78, 5) is 27.0. The zero-order valence-corrected chi connectivity index (χ0v) is 17.6. The van der Waals surface area contributed by atoms with Crippen LogP contribution >= 0.6 is 0 Å². The van der Waals surface area contributed by atoms with Crippen molar-refractivity contribution in [3.63, 3.8) is 0 Å². The van der Waals surface area contributed by atoms with Gasteiger partial charge in [0.2, 0.25) is 0 Å². The predicted molar refractivity (Wildman–Crippen MR) is 112 cm³/mol. The summed E-state index contributed by atoms with van der Waals surface area (Å²) >= 11 is 0. The van der Waals surface area contributed by atoms with E-state index < -0.39 is 0 Å². The molecule has 0 aliphatic carbocycles. The van der Waals surface area contributed by atoms with Crippen LogP contribution in [0.4, 0.5) is 10.6 Å². The molecular weight excluding hydrogens is 372 g/mol. The number of pyridine rings is 1. The normalized spacial score (nSPS) is 20.6. The molecule has 1 unspecified atom stereocenters. The van der Waals surface area contributed by atoms with Gasteiger partial charge in [0.25, 0.3) is 0 Å². The minimum atomic E-state index is -0.240. The molecule has 1 amide bonds. The fraction of sp³-hybridized carbons (Fsp3) is 0.650. The number of ether oxygens (including phenoxy) is 2. The molecule has 1 atom stereocenters. The first-order valence-electron chi connectivity index (χ1n) is 10.3. The number of nitrogens with one attached hydrogen (secondary N) is 1. The lowest BCUT2D eigenvalue weighted by atomic mass is 10.2. The third kappa shape index (κ3) is 5.72. The molecule has 0 spiro atoms. The van der Waals surface area contributed by atoms with E-state index in [1.54, 1.807) is 11.9 Å². The van der Waals surface area contributed by atoms with Crippen LogP contribution in [0.25, 0.3) is 0 Å². The van der Waals surface area contributed by atoms with Crippen molar-refractivity contribution in [2.45, 2.75) is 26.5 Å². The second-order valence-corrected chi connectivity index (χ2v) is 7.23. The first-order valence-corrected chi connectivity index (χ1v) is 10.3. The van der Waals surface area contributed by atoms with Crippen LogP contribution in [-0.4, -0.2) is 92.5 Å². The van der Waals surface area contributed by atoms with E-state index in [1.807, 2.05) is 13.1 Å². The standard InChI is InChI=1S/C20H32N6O3/c1-4-28-20(27)25-9-7-24(8-10-25)19(21-3)23-14-17-5-6-18(22-13-17)26-11-12-29-16(2)15-26/h5-6,13,16H,4,7-12,14-15H2,1-3H3,(H,21,23). The summed E-state index contributed by atoms with van der Waals surface area (Å²) < 4.78 is 10.7. The van der Waals surface area contributed by atoms with Crippen molar-refractivity contribution in [2.75, 3.05) is 64.4 Å². The van der Waals surface area contributed by atoms with Crippen LogP contribution < -0.4 is 10.2 Å². The third-order valence-electron chi connectivity index (χ3n) is 5.14. The van der Waals surface area contributed by atoms with E-state index >= 15 is 0 Å². The monoisotopic (exact) mass is 404 g/mol. The molecule has 0 aromatic carbocycles. The van der Waals surface area contributed by atoms with E-state index in [9.17, 15) is 4.79 Å². The molecule has 160 valence electrons. The minimum Gasteiger partial charge on any atom is -0.450 e.